The van der Waals surface area contributed by atoms with Crippen LogP contribution in [0.1, 0.15) is 5.56 Å². The first-order valence-corrected chi connectivity index (χ1v) is 4.54. The Kier molecular flexibility index (Phi) is 4.24. The molecular formula is C11H16O4. The van der Waals surface area contributed by atoms with Gasteiger partial charge < -0.3 is 18.9 Å². The maximum atomic E-state index is 5.24. The van der Waals surface area contributed by atoms with Crippen molar-refractivity contribution in [1.29, 1.82) is 0 Å². The van der Waals surface area contributed by atoms with Crippen molar-refractivity contribution in [1.82, 2.24) is 0 Å². The monoisotopic (exact) mass is 212 g/mol. The van der Waals surface area contributed by atoms with Crippen molar-refractivity contribution in [2.75, 3.05) is 28.4 Å². The molecule has 0 fully saturated rings. The molecular weight excluding hydrogens is 196 g/mol. The smallest absolute Gasteiger partial charge is 0.131 e. The summed E-state index contributed by atoms with van der Waals surface area (Å²) in [4.78, 5) is 0. The van der Waals surface area contributed by atoms with Gasteiger partial charge in [-0.25, -0.2) is 0 Å². The van der Waals surface area contributed by atoms with Gasteiger partial charge in [-0.15, -0.1) is 0 Å². The molecule has 15 heavy (non-hydrogen) atoms. The second kappa shape index (κ2) is 5.46. The Morgan fingerprint density at radius 1 is 0.867 bits per heavy atom. The molecule has 4 heteroatoms. The van der Waals surface area contributed by atoms with E-state index in [1.165, 1.54) is 0 Å². The van der Waals surface area contributed by atoms with E-state index in [2.05, 4.69) is 0 Å². The van der Waals surface area contributed by atoms with Crippen LogP contribution in [-0.4, -0.2) is 28.4 Å². The molecule has 1 aromatic rings. The molecule has 0 saturated heterocycles. The molecule has 0 heterocycles. The number of rotatable bonds is 5. The number of hydrogen-bond donors (Lipinski definition) is 0. The van der Waals surface area contributed by atoms with Gasteiger partial charge in [-0.3, -0.25) is 0 Å². The zero-order chi connectivity index (χ0) is 11.3. The minimum absolute atomic E-state index is 0.441. The molecule has 0 aliphatic rings. The normalized spacial score (nSPS) is 9.87. The minimum Gasteiger partial charge on any atom is -0.496 e. The van der Waals surface area contributed by atoms with E-state index in [1.807, 2.05) is 0 Å². The number of hydrogen-bond acceptors (Lipinski definition) is 4. The summed E-state index contributed by atoms with van der Waals surface area (Å²) in [5.74, 6) is 2.10. The minimum atomic E-state index is 0.441. The van der Waals surface area contributed by atoms with Gasteiger partial charge in [0.05, 0.1) is 33.5 Å². The Labute approximate surface area is 89.7 Å². The van der Waals surface area contributed by atoms with Crippen molar-refractivity contribution in [3.05, 3.63) is 17.7 Å². The van der Waals surface area contributed by atoms with Crippen molar-refractivity contribution < 1.29 is 18.9 Å². The first-order valence-electron chi connectivity index (χ1n) is 4.54. The molecule has 0 aromatic heterocycles. The Morgan fingerprint density at radius 3 is 1.73 bits per heavy atom. The zero-order valence-electron chi connectivity index (χ0n) is 9.49. The molecule has 84 valence electrons. The topological polar surface area (TPSA) is 36.9 Å². The van der Waals surface area contributed by atoms with E-state index in [1.54, 1.807) is 40.6 Å². The molecule has 0 unspecified atom stereocenters. The molecule has 0 amide bonds. The lowest BCUT2D eigenvalue weighted by molar-refractivity contribution is 0.178. The third-order valence-corrected chi connectivity index (χ3v) is 2.11. The van der Waals surface area contributed by atoms with Crippen LogP contribution in [0.5, 0.6) is 17.2 Å². The van der Waals surface area contributed by atoms with E-state index in [0.717, 1.165) is 5.56 Å². The molecule has 1 aromatic carbocycles. The highest BCUT2D eigenvalue weighted by Crippen LogP contribution is 2.34. The number of ether oxygens (including phenoxy) is 4. The Morgan fingerprint density at radius 2 is 1.40 bits per heavy atom. The van der Waals surface area contributed by atoms with Crippen molar-refractivity contribution >= 4 is 0 Å². The number of methoxy groups -OCH3 is 4. The van der Waals surface area contributed by atoms with E-state index >= 15 is 0 Å². The molecule has 0 aliphatic heterocycles. The molecule has 0 bridgehead atoms. The highest BCUT2D eigenvalue weighted by molar-refractivity contribution is 5.50. The van der Waals surface area contributed by atoms with Gasteiger partial charge in [-0.2, -0.15) is 0 Å². The second-order valence-electron chi connectivity index (χ2n) is 2.94. The highest BCUT2D eigenvalue weighted by Gasteiger charge is 2.12. The predicted molar refractivity (Wildman–Crippen MR) is 56.8 cm³/mol. The van der Waals surface area contributed by atoms with E-state index in [9.17, 15) is 0 Å². The van der Waals surface area contributed by atoms with Crippen LogP contribution in [0.15, 0.2) is 12.1 Å². The lowest BCUT2D eigenvalue weighted by atomic mass is 10.1. The van der Waals surface area contributed by atoms with Gasteiger partial charge in [0.15, 0.2) is 0 Å². The molecule has 0 aliphatic carbocycles. The van der Waals surface area contributed by atoms with Gasteiger partial charge in [-0.1, -0.05) is 0 Å². The van der Waals surface area contributed by atoms with Gasteiger partial charge in [0.25, 0.3) is 0 Å². The Hall–Kier alpha value is -1.42. The lowest BCUT2D eigenvalue weighted by Gasteiger charge is -2.14. The van der Waals surface area contributed by atoms with Gasteiger partial charge in [-0.05, 0) is 0 Å². The van der Waals surface area contributed by atoms with E-state index in [-0.39, 0.29) is 0 Å². The zero-order valence-corrected chi connectivity index (χ0v) is 9.49. The second-order valence-corrected chi connectivity index (χ2v) is 2.94. The predicted octanol–water partition coefficient (Wildman–Crippen LogP) is 1.86. The summed E-state index contributed by atoms with van der Waals surface area (Å²) >= 11 is 0. The molecule has 0 spiro atoms. The van der Waals surface area contributed by atoms with Crippen molar-refractivity contribution in [2.45, 2.75) is 6.61 Å². The third kappa shape index (κ3) is 2.53. The Balaban J connectivity index is 3.19. The van der Waals surface area contributed by atoms with Crippen LogP contribution in [0, 0.1) is 0 Å². The van der Waals surface area contributed by atoms with Crippen molar-refractivity contribution in [2.24, 2.45) is 0 Å². The fourth-order valence-electron chi connectivity index (χ4n) is 1.36. The summed E-state index contributed by atoms with van der Waals surface area (Å²) in [6.07, 6.45) is 0. The number of benzene rings is 1. The maximum Gasteiger partial charge on any atom is 0.131 e. The summed E-state index contributed by atoms with van der Waals surface area (Å²) in [6.45, 7) is 0.441. The quantitative estimate of drug-likeness (QED) is 0.746. The largest absolute Gasteiger partial charge is 0.496 e. The summed E-state index contributed by atoms with van der Waals surface area (Å²) in [5.41, 5.74) is 0.878. The van der Waals surface area contributed by atoms with E-state index < -0.39 is 0 Å². The molecule has 0 N–H and O–H groups in total. The lowest BCUT2D eigenvalue weighted by Crippen LogP contribution is -1.99. The van der Waals surface area contributed by atoms with E-state index in [4.69, 9.17) is 18.9 Å². The van der Waals surface area contributed by atoms with Crippen LogP contribution < -0.4 is 14.2 Å². The average Bonchev–Trinajstić information content (AvgIpc) is 2.29. The van der Waals surface area contributed by atoms with Crippen LogP contribution >= 0.6 is 0 Å². The van der Waals surface area contributed by atoms with Gasteiger partial charge >= 0.3 is 0 Å². The SMILES string of the molecule is COCc1c(OC)cc(OC)cc1OC. The highest BCUT2D eigenvalue weighted by atomic mass is 16.5. The van der Waals surface area contributed by atoms with E-state index in [0.29, 0.717) is 23.9 Å². The van der Waals surface area contributed by atoms with Crippen LogP contribution in [-0.2, 0) is 11.3 Å². The van der Waals surface area contributed by atoms with Crippen LogP contribution in [0.25, 0.3) is 0 Å². The maximum absolute atomic E-state index is 5.24. The summed E-state index contributed by atoms with van der Waals surface area (Å²) < 4.78 is 20.7. The van der Waals surface area contributed by atoms with Gasteiger partial charge in [0.2, 0.25) is 0 Å². The molecule has 0 saturated carbocycles. The van der Waals surface area contributed by atoms with Gasteiger partial charge in [0.1, 0.15) is 17.2 Å². The average molecular weight is 212 g/mol. The Bertz CT molecular complexity index is 297. The standard InChI is InChI=1S/C11H16O4/c1-12-7-9-10(14-3)5-8(13-2)6-11(9)15-4/h5-6H,7H2,1-4H3. The fraction of sp³-hybridized carbons (Fsp3) is 0.455. The fourth-order valence-corrected chi connectivity index (χ4v) is 1.36. The van der Waals surface area contributed by atoms with Crippen LogP contribution in [0.3, 0.4) is 0 Å². The molecule has 0 atom stereocenters. The van der Waals surface area contributed by atoms with Crippen LogP contribution in [0.2, 0.25) is 0 Å². The van der Waals surface area contributed by atoms with Crippen molar-refractivity contribution in [3.8, 4) is 17.2 Å². The summed E-state index contributed by atoms with van der Waals surface area (Å²) in [5, 5.41) is 0. The third-order valence-electron chi connectivity index (χ3n) is 2.11. The molecule has 0 radical (unpaired) electrons. The summed E-state index contributed by atoms with van der Waals surface area (Å²) in [6, 6.07) is 3.60. The van der Waals surface area contributed by atoms with Crippen molar-refractivity contribution in [3.63, 3.8) is 0 Å². The first kappa shape index (κ1) is 11.7. The van der Waals surface area contributed by atoms with Gasteiger partial charge in [0, 0.05) is 19.2 Å². The molecule has 4 nitrogen and oxygen atoms in total. The summed E-state index contributed by atoms with van der Waals surface area (Å²) in [7, 11) is 6.44. The first-order chi connectivity index (χ1) is 7.26. The molecule has 1 rings (SSSR count). The van der Waals surface area contributed by atoms with Crippen LogP contribution in [0.4, 0.5) is 0 Å².